The molecule has 7 nitrogen and oxygen atoms in total. The van der Waals surface area contributed by atoms with Crippen molar-refractivity contribution in [2.75, 3.05) is 18.6 Å². The van der Waals surface area contributed by atoms with E-state index in [9.17, 15) is 13.5 Å². The maximum atomic E-state index is 11.5. The Balaban J connectivity index is 1.73. The summed E-state index contributed by atoms with van der Waals surface area (Å²) in [6, 6.07) is 7.13. The molecule has 1 aromatic carbocycles. The summed E-state index contributed by atoms with van der Waals surface area (Å²) < 4.78 is 33.5. The number of aliphatic hydroxyl groups excluding tert-OH is 1. The van der Waals surface area contributed by atoms with Crippen molar-refractivity contribution in [3.63, 3.8) is 0 Å². The Morgan fingerprint density at radius 3 is 2.59 bits per heavy atom. The molecule has 2 atom stereocenters. The van der Waals surface area contributed by atoms with Gasteiger partial charge in [0.1, 0.15) is 5.75 Å². The van der Waals surface area contributed by atoms with Gasteiger partial charge in [-0.05, 0) is 24.3 Å². The first kappa shape index (κ1) is 15.3. The second kappa shape index (κ2) is 5.90. The molecule has 0 aliphatic carbocycles. The molecular formula is C13H14N2O5S2. The van der Waals surface area contributed by atoms with E-state index in [-0.39, 0.29) is 16.7 Å². The molecule has 0 saturated carbocycles. The van der Waals surface area contributed by atoms with Gasteiger partial charge in [-0.15, -0.1) is 10.2 Å². The minimum atomic E-state index is -3.19. The van der Waals surface area contributed by atoms with Gasteiger partial charge in [0.25, 0.3) is 5.22 Å². The fourth-order valence-corrected chi connectivity index (χ4v) is 5.50. The SMILES string of the molecule is COc1ccc(-c2nnc(S[C@H]3CS(=O)(=O)C[C@@H]3O)o2)cc1. The van der Waals surface area contributed by atoms with Crippen LogP contribution in [0.4, 0.5) is 0 Å². The van der Waals surface area contributed by atoms with Crippen LogP contribution in [0.2, 0.25) is 0 Å². The Labute approximate surface area is 131 Å². The lowest BCUT2D eigenvalue weighted by molar-refractivity contribution is 0.207. The number of benzene rings is 1. The molecule has 0 spiro atoms. The van der Waals surface area contributed by atoms with Gasteiger partial charge < -0.3 is 14.3 Å². The zero-order valence-corrected chi connectivity index (χ0v) is 13.3. The summed E-state index contributed by atoms with van der Waals surface area (Å²) in [5, 5.41) is 17.4. The van der Waals surface area contributed by atoms with Crippen molar-refractivity contribution >= 4 is 21.6 Å². The highest BCUT2D eigenvalue weighted by Crippen LogP contribution is 2.32. The van der Waals surface area contributed by atoms with Gasteiger partial charge in [-0.3, -0.25) is 0 Å². The molecule has 2 heterocycles. The van der Waals surface area contributed by atoms with Crippen molar-refractivity contribution in [3.05, 3.63) is 24.3 Å². The zero-order valence-electron chi connectivity index (χ0n) is 11.7. The van der Waals surface area contributed by atoms with Crippen molar-refractivity contribution in [2.45, 2.75) is 16.6 Å². The van der Waals surface area contributed by atoms with Gasteiger partial charge in [0.05, 0.1) is 30.0 Å². The van der Waals surface area contributed by atoms with E-state index in [4.69, 9.17) is 9.15 Å². The fourth-order valence-electron chi connectivity index (χ4n) is 2.15. The van der Waals surface area contributed by atoms with Crippen LogP contribution in [-0.4, -0.2) is 53.7 Å². The van der Waals surface area contributed by atoms with Gasteiger partial charge in [0, 0.05) is 5.56 Å². The van der Waals surface area contributed by atoms with Crippen LogP contribution in [0, 0.1) is 0 Å². The number of ether oxygens (including phenoxy) is 1. The van der Waals surface area contributed by atoms with Crippen LogP contribution in [-0.2, 0) is 9.84 Å². The quantitative estimate of drug-likeness (QED) is 0.878. The molecule has 3 rings (SSSR count). The Hall–Kier alpha value is -1.58. The Morgan fingerprint density at radius 2 is 2.00 bits per heavy atom. The summed E-state index contributed by atoms with van der Waals surface area (Å²) in [6.45, 7) is 0. The predicted molar refractivity (Wildman–Crippen MR) is 80.6 cm³/mol. The molecule has 2 aromatic rings. The van der Waals surface area contributed by atoms with E-state index in [0.717, 1.165) is 23.1 Å². The summed E-state index contributed by atoms with van der Waals surface area (Å²) >= 11 is 1.09. The number of nitrogens with zero attached hydrogens (tertiary/aromatic N) is 2. The number of methoxy groups -OCH3 is 1. The number of rotatable bonds is 4. The topological polar surface area (TPSA) is 103 Å². The van der Waals surface area contributed by atoms with Crippen LogP contribution in [0.3, 0.4) is 0 Å². The lowest BCUT2D eigenvalue weighted by Gasteiger charge is -2.07. The van der Waals surface area contributed by atoms with Gasteiger partial charge in [-0.2, -0.15) is 0 Å². The smallest absolute Gasteiger partial charge is 0.277 e. The molecule has 22 heavy (non-hydrogen) atoms. The summed E-state index contributed by atoms with van der Waals surface area (Å²) in [5.41, 5.74) is 0.736. The van der Waals surface area contributed by atoms with E-state index in [1.54, 1.807) is 31.4 Å². The van der Waals surface area contributed by atoms with Crippen LogP contribution in [0.15, 0.2) is 33.9 Å². The largest absolute Gasteiger partial charge is 0.497 e. The molecule has 9 heteroatoms. The summed E-state index contributed by atoms with van der Waals surface area (Å²) in [7, 11) is -1.61. The molecule has 0 radical (unpaired) electrons. The van der Waals surface area contributed by atoms with E-state index in [0.29, 0.717) is 5.89 Å². The van der Waals surface area contributed by atoms with Crippen molar-refractivity contribution < 1.29 is 22.7 Å². The summed E-state index contributed by atoms with van der Waals surface area (Å²) in [4.78, 5) is 0. The second-order valence-corrected chi connectivity index (χ2v) is 8.25. The highest BCUT2D eigenvalue weighted by atomic mass is 32.2. The third-order valence-electron chi connectivity index (χ3n) is 3.27. The number of hydrogen-bond donors (Lipinski definition) is 1. The number of aromatic nitrogens is 2. The normalized spacial score (nSPS) is 23.5. The fraction of sp³-hybridized carbons (Fsp3) is 0.385. The van der Waals surface area contributed by atoms with Crippen LogP contribution >= 0.6 is 11.8 Å². The molecule has 0 unspecified atom stereocenters. The molecule has 1 N–H and O–H groups in total. The van der Waals surface area contributed by atoms with Crippen molar-refractivity contribution in [3.8, 4) is 17.2 Å². The average Bonchev–Trinajstić information content (AvgIpc) is 3.04. The molecule has 1 aliphatic rings. The Kier molecular flexibility index (Phi) is 4.11. The first-order chi connectivity index (χ1) is 10.5. The maximum Gasteiger partial charge on any atom is 0.277 e. The van der Waals surface area contributed by atoms with Gasteiger partial charge in [-0.1, -0.05) is 11.8 Å². The first-order valence-corrected chi connectivity index (χ1v) is 9.20. The molecular weight excluding hydrogens is 328 g/mol. The number of sulfone groups is 1. The number of aliphatic hydroxyl groups is 1. The molecule has 1 aliphatic heterocycles. The highest BCUT2D eigenvalue weighted by molar-refractivity contribution is 8.01. The second-order valence-electron chi connectivity index (χ2n) is 4.90. The lowest BCUT2D eigenvalue weighted by atomic mass is 10.2. The zero-order chi connectivity index (χ0) is 15.7. The molecule has 1 aromatic heterocycles. The van der Waals surface area contributed by atoms with E-state index < -0.39 is 21.2 Å². The van der Waals surface area contributed by atoms with Crippen molar-refractivity contribution in [1.82, 2.24) is 10.2 Å². The van der Waals surface area contributed by atoms with Crippen LogP contribution in [0.5, 0.6) is 5.75 Å². The highest BCUT2D eigenvalue weighted by Gasteiger charge is 2.38. The van der Waals surface area contributed by atoms with Gasteiger partial charge in [-0.25, -0.2) is 8.42 Å². The molecule has 118 valence electrons. The summed E-state index contributed by atoms with van der Waals surface area (Å²) in [6.07, 6.45) is -0.911. The van der Waals surface area contributed by atoms with Crippen LogP contribution in [0.25, 0.3) is 11.5 Å². The van der Waals surface area contributed by atoms with E-state index in [1.807, 2.05) is 0 Å². The van der Waals surface area contributed by atoms with Crippen molar-refractivity contribution in [1.29, 1.82) is 0 Å². The molecule has 0 bridgehead atoms. The van der Waals surface area contributed by atoms with Crippen LogP contribution in [0.1, 0.15) is 0 Å². The van der Waals surface area contributed by atoms with Crippen molar-refractivity contribution in [2.24, 2.45) is 0 Å². The third kappa shape index (κ3) is 3.26. The number of thioether (sulfide) groups is 1. The molecule has 0 amide bonds. The molecule has 1 saturated heterocycles. The predicted octanol–water partition coefficient (Wildman–Crippen LogP) is 0.995. The van der Waals surface area contributed by atoms with Crippen LogP contribution < -0.4 is 4.74 Å². The lowest BCUT2D eigenvalue weighted by Crippen LogP contribution is -2.19. The van der Waals surface area contributed by atoms with E-state index in [2.05, 4.69) is 10.2 Å². The van der Waals surface area contributed by atoms with Gasteiger partial charge in [0.2, 0.25) is 5.89 Å². The Bertz CT molecular complexity index is 757. The van der Waals surface area contributed by atoms with E-state index >= 15 is 0 Å². The monoisotopic (exact) mass is 342 g/mol. The maximum absolute atomic E-state index is 11.5. The standard InChI is InChI=1S/C13H14N2O5S2/c1-19-9-4-2-8(3-5-9)12-14-15-13(20-12)21-11-7-22(17,18)6-10(11)16/h2-5,10-11,16H,6-7H2,1H3/t10-,11-/m0/s1. The third-order valence-corrected chi connectivity index (χ3v) is 6.35. The summed E-state index contributed by atoms with van der Waals surface area (Å²) in [5.74, 6) is 0.751. The molecule has 1 fully saturated rings. The average molecular weight is 342 g/mol. The minimum absolute atomic E-state index is 0.0842. The first-order valence-electron chi connectivity index (χ1n) is 6.50. The van der Waals surface area contributed by atoms with Gasteiger partial charge >= 0.3 is 0 Å². The van der Waals surface area contributed by atoms with Gasteiger partial charge in [0.15, 0.2) is 9.84 Å². The van der Waals surface area contributed by atoms with E-state index in [1.165, 1.54) is 0 Å². The number of hydrogen-bond acceptors (Lipinski definition) is 8. The minimum Gasteiger partial charge on any atom is -0.497 e. The Morgan fingerprint density at radius 1 is 1.27 bits per heavy atom.